The Morgan fingerprint density at radius 3 is 3.14 bits per heavy atom. The number of fused-ring (bicyclic) bond motifs is 1. The number of rotatable bonds is 1. The van der Waals surface area contributed by atoms with Gasteiger partial charge in [-0.25, -0.2) is 9.50 Å². The van der Waals surface area contributed by atoms with Crippen LogP contribution in [-0.2, 0) is 0 Å². The van der Waals surface area contributed by atoms with Crippen LogP contribution in [-0.4, -0.2) is 19.6 Å². The summed E-state index contributed by atoms with van der Waals surface area (Å²) in [6, 6.07) is 3.63. The van der Waals surface area contributed by atoms with E-state index in [1.54, 1.807) is 35.4 Å². The summed E-state index contributed by atoms with van der Waals surface area (Å²) < 4.78 is 6.85. The quantitative estimate of drug-likeness (QED) is 0.576. The first-order valence-electron chi connectivity index (χ1n) is 4.14. The van der Waals surface area contributed by atoms with E-state index in [0.29, 0.717) is 17.2 Å². The first-order chi connectivity index (χ1) is 6.93. The average molecular weight is 186 g/mol. The molecule has 0 bridgehead atoms. The van der Waals surface area contributed by atoms with Gasteiger partial charge in [0, 0.05) is 12.4 Å². The van der Waals surface area contributed by atoms with Crippen molar-refractivity contribution in [2.24, 2.45) is 0 Å². The Bertz CT molecular complexity index is 522. The van der Waals surface area contributed by atoms with Gasteiger partial charge in [-0.1, -0.05) is 0 Å². The molecule has 0 amide bonds. The molecule has 0 saturated heterocycles. The minimum Gasteiger partial charge on any atom is -0.461 e. The molecule has 0 N–H and O–H groups in total. The molecule has 0 fully saturated rings. The van der Waals surface area contributed by atoms with Crippen LogP contribution in [0.25, 0.3) is 17.2 Å². The lowest BCUT2D eigenvalue weighted by atomic mass is 10.4. The molecule has 0 aliphatic rings. The Morgan fingerprint density at radius 1 is 1.36 bits per heavy atom. The largest absolute Gasteiger partial charge is 0.461 e. The monoisotopic (exact) mass is 186 g/mol. The van der Waals surface area contributed by atoms with E-state index in [1.165, 1.54) is 0 Å². The molecule has 0 unspecified atom stereocenters. The van der Waals surface area contributed by atoms with E-state index >= 15 is 0 Å². The predicted molar refractivity (Wildman–Crippen MR) is 48.5 cm³/mol. The number of furan rings is 1. The number of hydrogen-bond donors (Lipinski definition) is 0. The Balaban J connectivity index is 2.24. The van der Waals surface area contributed by atoms with E-state index < -0.39 is 0 Å². The van der Waals surface area contributed by atoms with Crippen LogP contribution in [0.5, 0.6) is 0 Å². The molecule has 3 aromatic heterocycles. The molecule has 3 aromatic rings. The lowest BCUT2D eigenvalue weighted by Crippen LogP contribution is -1.85. The molecule has 0 aliphatic carbocycles. The highest BCUT2D eigenvalue weighted by molar-refractivity contribution is 5.50. The molecule has 3 heterocycles. The van der Waals surface area contributed by atoms with Crippen LogP contribution in [0.4, 0.5) is 0 Å². The van der Waals surface area contributed by atoms with Gasteiger partial charge in [-0.3, -0.25) is 4.98 Å². The molecule has 0 saturated carbocycles. The van der Waals surface area contributed by atoms with Crippen LogP contribution < -0.4 is 0 Å². The average Bonchev–Trinajstić information content (AvgIpc) is 2.86. The summed E-state index contributed by atoms with van der Waals surface area (Å²) >= 11 is 0. The predicted octanol–water partition coefficient (Wildman–Crippen LogP) is 1.38. The first kappa shape index (κ1) is 7.25. The molecule has 5 nitrogen and oxygen atoms in total. The second-order valence-corrected chi connectivity index (χ2v) is 2.79. The normalized spacial score (nSPS) is 10.9. The third-order valence-electron chi connectivity index (χ3n) is 1.88. The van der Waals surface area contributed by atoms with Gasteiger partial charge in [0.2, 0.25) is 5.82 Å². The third-order valence-corrected chi connectivity index (χ3v) is 1.88. The van der Waals surface area contributed by atoms with Crippen LogP contribution in [0.15, 0.2) is 41.4 Å². The molecule has 14 heavy (non-hydrogen) atoms. The van der Waals surface area contributed by atoms with Gasteiger partial charge in [0.15, 0.2) is 11.4 Å². The maximum Gasteiger partial charge on any atom is 0.217 e. The summed E-state index contributed by atoms with van der Waals surface area (Å²) in [5.74, 6) is 1.23. The highest BCUT2D eigenvalue weighted by atomic mass is 16.3. The van der Waals surface area contributed by atoms with Gasteiger partial charge in [-0.15, -0.1) is 5.10 Å². The fourth-order valence-electron chi connectivity index (χ4n) is 1.25. The van der Waals surface area contributed by atoms with E-state index in [-0.39, 0.29) is 0 Å². The van der Waals surface area contributed by atoms with Crippen molar-refractivity contribution in [2.45, 2.75) is 0 Å². The van der Waals surface area contributed by atoms with E-state index in [9.17, 15) is 0 Å². The summed E-state index contributed by atoms with van der Waals surface area (Å²) in [5.41, 5.74) is 0.707. The molecule has 0 spiro atoms. The second-order valence-electron chi connectivity index (χ2n) is 2.79. The molecule has 0 aromatic carbocycles. The lowest BCUT2D eigenvalue weighted by Gasteiger charge is -1.84. The van der Waals surface area contributed by atoms with Crippen LogP contribution in [0, 0.1) is 0 Å². The Kier molecular flexibility index (Phi) is 1.38. The molecule has 0 aliphatic heterocycles. The van der Waals surface area contributed by atoms with Crippen molar-refractivity contribution in [3.8, 4) is 11.6 Å². The maximum absolute atomic E-state index is 5.19. The Morgan fingerprint density at radius 2 is 2.36 bits per heavy atom. The van der Waals surface area contributed by atoms with Gasteiger partial charge < -0.3 is 4.42 Å². The Hall–Kier alpha value is -2.17. The standard InChI is InChI=1S/C9H6N4O/c1-2-7(14-5-1)9-11-8-6-10-3-4-13(8)12-9/h1-6H. The number of nitrogens with zero attached hydrogens (tertiary/aromatic N) is 4. The van der Waals surface area contributed by atoms with Crippen molar-refractivity contribution in [2.75, 3.05) is 0 Å². The minimum atomic E-state index is 0.572. The fraction of sp³-hybridized carbons (Fsp3) is 0. The van der Waals surface area contributed by atoms with Crippen LogP contribution >= 0.6 is 0 Å². The van der Waals surface area contributed by atoms with Crippen LogP contribution in [0.3, 0.4) is 0 Å². The Labute approximate surface area is 79.0 Å². The molecule has 68 valence electrons. The molecule has 5 heteroatoms. The SMILES string of the molecule is c1coc(-c2nc3cnccn3n2)c1. The van der Waals surface area contributed by atoms with Crippen molar-refractivity contribution in [3.63, 3.8) is 0 Å². The number of aromatic nitrogens is 4. The summed E-state index contributed by atoms with van der Waals surface area (Å²) in [6.45, 7) is 0. The molecular weight excluding hydrogens is 180 g/mol. The first-order valence-corrected chi connectivity index (χ1v) is 4.14. The van der Waals surface area contributed by atoms with E-state index in [0.717, 1.165) is 0 Å². The highest BCUT2D eigenvalue weighted by Gasteiger charge is 2.07. The summed E-state index contributed by atoms with van der Waals surface area (Å²) in [6.07, 6.45) is 6.65. The minimum absolute atomic E-state index is 0.572. The number of hydrogen-bond acceptors (Lipinski definition) is 4. The van der Waals surface area contributed by atoms with Crippen molar-refractivity contribution < 1.29 is 4.42 Å². The van der Waals surface area contributed by atoms with Crippen LogP contribution in [0.2, 0.25) is 0 Å². The summed E-state index contributed by atoms with van der Waals surface area (Å²) in [5, 5.41) is 4.23. The fourth-order valence-corrected chi connectivity index (χ4v) is 1.25. The van der Waals surface area contributed by atoms with Crippen molar-refractivity contribution in [1.82, 2.24) is 19.6 Å². The van der Waals surface area contributed by atoms with E-state index in [4.69, 9.17) is 4.42 Å². The summed E-state index contributed by atoms with van der Waals surface area (Å²) in [7, 11) is 0. The smallest absolute Gasteiger partial charge is 0.217 e. The maximum atomic E-state index is 5.19. The zero-order chi connectivity index (χ0) is 9.38. The zero-order valence-electron chi connectivity index (χ0n) is 7.16. The van der Waals surface area contributed by atoms with Crippen molar-refractivity contribution in [1.29, 1.82) is 0 Å². The van der Waals surface area contributed by atoms with Crippen molar-refractivity contribution >= 4 is 5.65 Å². The van der Waals surface area contributed by atoms with Crippen molar-refractivity contribution in [3.05, 3.63) is 37.0 Å². The van der Waals surface area contributed by atoms with Gasteiger partial charge in [-0.2, -0.15) is 0 Å². The highest BCUT2D eigenvalue weighted by Crippen LogP contribution is 2.15. The van der Waals surface area contributed by atoms with Gasteiger partial charge in [0.1, 0.15) is 0 Å². The topological polar surface area (TPSA) is 56.2 Å². The second kappa shape index (κ2) is 2.66. The lowest BCUT2D eigenvalue weighted by molar-refractivity contribution is 0.577. The van der Waals surface area contributed by atoms with Gasteiger partial charge in [0.05, 0.1) is 12.5 Å². The molecule has 0 radical (unpaired) electrons. The van der Waals surface area contributed by atoms with E-state index in [2.05, 4.69) is 15.1 Å². The zero-order valence-corrected chi connectivity index (χ0v) is 7.16. The van der Waals surface area contributed by atoms with Crippen LogP contribution in [0.1, 0.15) is 0 Å². The van der Waals surface area contributed by atoms with Gasteiger partial charge >= 0.3 is 0 Å². The van der Waals surface area contributed by atoms with E-state index in [1.807, 2.05) is 6.07 Å². The van der Waals surface area contributed by atoms with Gasteiger partial charge in [-0.05, 0) is 12.1 Å². The summed E-state index contributed by atoms with van der Waals surface area (Å²) in [4.78, 5) is 8.20. The molecule has 0 atom stereocenters. The van der Waals surface area contributed by atoms with Gasteiger partial charge in [0.25, 0.3) is 0 Å². The third kappa shape index (κ3) is 0.990. The molecular formula is C9H6N4O. The molecule has 3 rings (SSSR count).